The first-order valence-corrected chi connectivity index (χ1v) is 8.55. The summed E-state index contributed by atoms with van der Waals surface area (Å²) in [6.07, 6.45) is 4.35. The van der Waals surface area contributed by atoms with E-state index in [2.05, 4.69) is 63.3 Å². The zero-order chi connectivity index (χ0) is 15.2. The van der Waals surface area contributed by atoms with E-state index in [1.807, 2.05) is 0 Å². The van der Waals surface area contributed by atoms with Crippen LogP contribution < -0.4 is 5.32 Å². The average Bonchev–Trinajstić information content (AvgIpc) is 2.49. The minimum Gasteiger partial charge on any atom is -0.373 e. The Hall–Kier alpha value is -0.860. The van der Waals surface area contributed by atoms with E-state index in [1.54, 1.807) is 0 Å². The Morgan fingerprint density at radius 1 is 1.14 bits per heavy atom. The third-order valence-electron chi connectivity index (χ3n) is 5.01. The molecule has 0 amide bonds. The van der Waals surface area contributed by atoms with Gasteiger partial charge in [0.1, 0.15) is 0 Å². The summed E-state index contributed by atoms with van der Waals surface area (Å²) in [7, 11) is 0. The SMILES string of the molecule is CCNC(c1ccccc1)C(C)OC1CCC(C)C(C)C1. The second-order valence-electron chi connectivity index (χ2n) is 6.68. The fourth-order valence-electron chi connectivity index (χ4n) is 3.44. The molecule has 1 N–H and O–H groups in total. The predicted octanol–water partition coefficient (Wildman–Crippen LogP) is 4.57. The van der Waals surface area contributed by atoms with E-state index in [0.717, 1.165) is 18.4 Å². The minimum atomic E-state index is 0.206. The van der Waals surface area contributed by atoms with E-state index < -0.39 is 0 Å². The van der Waals surface area contributed by atoms with E-state index in [1.165, 1.54) is 24.8 Å². The second-order valence-corrected chi connectivity index (χ2v) is 6.68. The van der Waals surface area contributed by atoms with Crippen LogP contribution in [-0.4, -0.2) is 18.8 Å². The number of hydrogen-bond donors (Lipinski definition) is 1. The molecule has 0 aromatic heterocycles. The highest BCUT2D eigenvalue weighted by Crippen LogP contribution is 2.32. The molecule has 1 saturated carbocycles. The molecule has 1 aromatic carbocycles. The van der Waals surface area contributed by atoms with Crippen molar-refractivity contribution in [2.24, 2.45) is 11.8 Å². The van der Waals surface area contributed by atoms with Crippen LogP contribution in [0.25, 0.3) is 0 Å². The molecule has 2 heteroatoms. The molecule has 1 aliphatic rings. The van der Waals surface area contributed by atoms with Crippen molar-refractivity contribution in [3.05, 3.63) is 35.9 Å². The Kier molecular flexibility index (Phi) is 6.25. The molecule has 1 aromatic rings. The molecule has 118 valence electrons. The van der Waals surface area contributed by atoms with Crippen LogP contribution >= 0.6 is 0 Å². The molecule has 0 saturated heterocycles. The Morgan fingerprint density at radius 2 is 1.86 bits per heavy atom. The third kappa shape index (κ3) is 4.55. The highest BCUT2D eigenvalue weighted by molar-refractivity contribution is 5.20. The first-order chi connectivity index (χ1) is 10.1. The van der Waals surface area contributed by atoms with Gasteiger partial charge < -0.3 is 10.1 Å². The first-order valence-electron chi connectivity index (χ1n) is 8.55. The van der Waals surface area contributed by atoms with Crippen LogP contribution in [0, 0.1) is 11.8 Å². The quantitative estimate of drug-likeness (QED) is 0.828. The van der Waals surface area contributed by atoms with Gasteiger partial charge >= 0.3 is 0 Å². The highest BCUT2D eigenvalue weighted by atomic mass is 16.5. The second kappa shape index (κ2) is 7.95. The summed E-state index contributed by atoms with van der Waals surface area (Å²) in [4.78, 5) is 0. The molecule has 21 heavy (non-hydrogen) atoms. The van der Waals surface area contributed by atoms with E-state index >= 15 is 0 Å². The van der Waals surface area contributed by atoms with Gasteiger partial charge in [-0.1, -0.05) is 51.1 Å². The van der Waals surface area contributed by atoms with Gasteiger partial charge in [-0.05, 0) is 50.1 Å². The lowest BCUT2D eigenvalue weighted by Gasteiger charge is -2.35. The standard InChI is InChI=1S/C19H31NO/c1-5-20-19(17-9-7-6-8-10-17)16(4)21-18-12-11-14(2)15(3)13-18/h6-10,14-16,18-20H,5,11-13H2,1-4H3. The van der Waals surface area contributed by atoms with Crippen LogP contribution in [0.4, 0.5) is 0 Å². The van der Waals surface area contributed by atoms with Gasteiger partial charge in [0.05, 0.1) is 18.2 Å². The van der Waals surface area contributed by atoms with Gasteiger partial charge in [0.2, 0.25) is 0 Å². The van der Waals surface area contributed by atoms with Crippen LogP contribution in [0.1, 0.15) is 58.6 Å². The maximum Gasteiger partial charge on any atom is 0.0745 e. The number of ether oxygens (including phenoxy) is 1. The fourth-order valence-corrected chi connectivity index (χ4v) is 3.44. The third-order valence-corrected chi connectivity index (χ3v) is 5.01. The smallest absolute Gasteiger partial charge is 0.0745 e. The Morgan fingerprint density at radius 3 is 2.48 bits per heavy atom. The molecule has 5 atom stereocenters. The van der Waals surface area contributed by atoms with Crippen LogP contribution in [-0.2, 0) is 4.74 Å². The molecule has 1 aliphatic carbocycles. The van der Waals surface area contributed by atoms with Crippen molar-refractivity contribution in [2.45, 2.75) is 65.2 Å². The highest BCUT2D eigenvalue weighted by Gasteiger charge is 2.28. The minimum absolute atomic E-state index is 0.206. The topological polar surface area (TPSA) is 21.3 Å². The molecular formula is C19H31NO. The zero-order valence-electron chi connectivity index (χ0n) is 14.0. The van der Waals surface area contributed by atoms with Crippen LogP contribution in [0.3, 0.4) is 0 Å². The number of nitrogens with one attached hydrogen (secondary N) is 1. The lowest BCUT2D eigenvalue weighted by molar-refractivity contribution is -0.0540. The van der Waals surface area contributed by atoms with Crippen LogP contribution in [0.15, 0.2) is 30.3 Å². The summed E-state index contributed by atoms with van der Waals surface area (Å²) >= 11 is 0. The number of benzene rings is 1. The van der Waals surface area contributed by atoms with Gasteiger partial charge in [-0.25, -0.2) is 0 Å². The lowest BCUT2D eigenvalue weighted by Crippen LogP contribution is -2.36. The van der Waals surface area contributed by atoms with Crippen LogP contribution in [0.5, 0.6) is 0 Å². The normalized spacial score (nSPS) is 29.0. The largest absolute Gasteiger partial charge is 0.373 e. The first kappa shape index (κ1) is 16.5. The lowest BCUT2D eigenvalue weighted by atomic mass is 9.80. The summed E-state index contributed by atoms with van der Waals surface area (Å²) in [6, 6.07) is 11.0. The Bertz CT molecular complexity index is 405. The molecule has 1 fully saturated rings. The van der Waals surface area contributed by atoms with Gasteiger partial charge in [0, 0.05) is 0 Å². The predicted molar refractivity (Wildman–Crippen MR) is 89.4 cm³/mol. The molecule has 0 spiro atoms. The van der Waals surface area contributed by atoms with E-state index in [4.69, 9.17) is 4.74 Å². The summed E-state index contributed by atoms with van der Waals surface area (Å²) < 4.78 is 6.42. The van der Waals surface area contributed by atoms with Crippen molar-refractivity contribution in [3.63, 3.8) is 0 Å². The average molecular weight is 289 g/mol. The molecule has 0 radical (unpaired) electrons. The summed E-state index contributed by atoms with van der Waals surface area (Å²) in [6.45, 7) is 10.1. The van der Waals surface area contributed by atoms with Gasteiger partial charge in [0.25, 0.3) is 0 Å². The molecule has 2 rings (SSSR count). The Balaban J connectivity index is 1.97. The molecule has 5 unspecified atom stereocenters. The molecule has 2 nitrogen and oxygen atoms in total. The number of rotatable bonds is 6. The van der Waals surface area contributed by atoms with Gasteiger partial charge in [0.15, 0.2) is 0 Å². The van der Waals surface area contributed by atoms with Gasteiger partial charge in [-0.15, -0.1) is 0 Å². The molecule has 0 aliphatic heterocycles. The number of hydrogen-bond acceptors (Lipinski definition) is 2. The molecule has 0 bridgehead atoms. The maximum absolute atomic E-state index is 6.42. The summed E-state index contributed by atoms with van der Waals surface area (Å²) in [5.41, 5.74) is 1.32. The van der Waals surface area contributed by atoms with Crippen molar-refractivity contribution < 1.29 is 4.74 Å². The fraction of sp³-hybridized carbons (Fsp3) is 0.684. The van der Waals surface area contributed by atoms with Crippen molar-refractivity contribution >= 4 is 0 Å². The van der Waals surface area contributed by atoms with Crippen molar-refractivity contribution in [1.29, 1.82) is 0 Å². The summed E-state index contributed by atoms with van der Waals surface area (Å²) in [5, 5.41) is 3.58. The van der Waals surface area contributed by atoms with Crippen molar-refractivity contribution in [1.82, 2.24) is 5.32 Å². The van der Waals surface area contributed by atoms with Gasteiger partial charge in [-0.2, -0.15) is 0 Å². The van der Waals surface area contributed by atoms with E-state index in [0.29, 0.717) is 6.10 Å². The number of likely N-dealkylation sites (N-methyl/N-ethyl adjacent to an activating group) is 1. The van der Waals surface area contributed by atoms with Gasteiger partial charge in [-0.3, -0.25) is 0 Å². The molecule has 0 heterocycles. The Labute approximate surface area is 130 Å². The van der Waals surface area contributed by atoms with E-state index in [9.17, 15) is 0 Å². The van der Waals surface area contributed by atoms with Crippen molar-refractivity contribution in [2.75, 3.05) is 6.54 Å². The summed E-state index contributed by atoms with van der Waals surface area (Å²) in [5.74, 6) is 1.63. The van der Waals surface area contributed by atoms with Crippen LogP contribution in [0.2, 0.25) is 0 Å². The maximum atomic E-state index is 6.42. The monoisotopic (exact) mass is 289 g/mol. The van der Waals surface area contributed by atoms with Crippen molar-refractivity contribution in [3.8, 4) is 0 Å². The molecular weight excluding hydrogens is 258 g/mol. The van der Waals surface area contributed by atoms with E-state index in [-0.39, 0.29) is 12.1 Å². The zero-order valence-corrected chi connectivity index (χ0v) is 14.0.